The molecule has 0 aromatic heterocycles. The van der Waals surface area contributed by atoms with Crippen LogP contribution in [0.5, 0.6) is 0 Å². The molecule has 6 unspecified atom stereocenters. The van der Waals surface area contributed by atoms with E-state index in [1.165, 1.54) is 0 Å². The Bertz CT molecular complexity index is 561. The molecule has 0 spiro atoms. The molecule has 10 heteroatoms. The zero-order valence-corrected chi connectivity index (χ0v) is 11.8. The molecule has 5 nitrogen and oxygen atoms in total. The summed E-state index contributed by atoms with van der Waals surface area (Å²) in [5, 5.41) is 9.84. The van der Waals surface area contributed by atoms with Gasteiger partial charge < -0.3 is 14.6 Å². The largest absolute Gasteiger partial charge is 0.458 e. The van der Waals surface area contributed by atoms with Gasteiger partial charge in [-0.15, -0.1) is 0 Å². The van der Waals surface area contributed by atoms with Gasteiger partial charge in [0.15, 0.2) is 11.5 Å². The van der Waals surface area contributed by atoms with Crippen molar-refractivity contribution in [2.75, 3.05) is 0 Å². The number of carbonyl (C=O) groups is 2. The van der Waals surface area contributed by atoms with Crippen LogP contribution in [-0.2, 0) is 19.1 Å². The topological polar surface area (TPSA) is 72.8 Å². The normalized spacial score (nSPS) is 40.2. The minimum atomic E-state index is -5.88. The molecule has 0 radical (unpaired) electrons. The average molecular weight is 344 g/mol. The highest BCUT2D eigenvalue weighted by atomic mass is 19.4. The van der Waals surface area contributed by atoms with Gasteiger partial charge in [-0.3, -0.25) is 9.59 Å². The van der Waals surface area contributed by atoms with Crippen molar-refractivity contribution in [3.8, 4) is 0 Å². The summed E-state index contributed by atoms with van der Waals surface area (Å²) in [6, 6.07) is 0. The smallest absolute Gasteiger partial charge is 0.457 e. The molecular formula is C13H13F5O5. The van der Waals surface area contributed by atoms with Crippen LogP contribution in [0, 0.1) is 17.3 Å². The van der Waals surface area contributed by atoms with E-state index in [4.69, 9.17) is 4.74 Å². The Balaban J connectivity index is 1.81. The molecule has 130 valence electrons. The number of alkyl halides is 5. The molecule has 3 rings (SSSR count). The fourth-order valence-electron chi connectivity index (χ4n) is 3.86. The van der Waals surface area contributed by atoms with Gasteiger partial charge in [0.05, 0.1) is 6.10 Å². The summed E-state index contributed by atoms with van der Waals surface area (Å²) in [5.74, 6) is -8.91. The summed E-state index contributed by atoms with van der Waals surface area (Å²) in [7, 11) is 0. The van der Waals surface area contributed by atoms with E-state index in [-0.39, 0.29) is 12.8 Å². The molecule has 0 aromatic carbocycles. The number of aliphatic hydroxyl groups excluding tert-OH is 1. The first kappa shape index (κ1) is 16.4. The highest BCUT2D eigenvalue weighted by Gasteiger charge is 2.75. The van der Waals surface area contributed by atoms with Crippen LogP contribution in [0.4, 0.5) is 22.0 Å². The SMILES string of the molecule is CC(OC(=O)C12CC3CC1C(OC2=O)C3O)C(F)(F)C(F)(F)F. The Morgan fingerprint density at radius 2 is 2.00 bits per heavy atom. The van der Waals surface area contributed by atoms with Gasteiger partial charge in [0.1, 0.15) is 6.10 Å². The molecule has 0 aromatic rings. The summed E-state index contributed by atoms with van der Waals surface area (Å²) < 4.78 is 72.5. The van der Waals surface area contributed by atoms with Gasteiger partial charge in [0, 0.05) is 5.92 Å². The van der Waals surface area contributed by atoms with E-state index in [2.05, 4.69) is 4.74 Å². The van der Waals surface area contributed by atoms with Crippen LogP contribution in [0.1, 0.15) is 19.8 Å². The predicted molar refractivity (Wildman–Crippen MR) is 61.1 cm³/mol. The van der Waals surface area contributed by atoms with Gasteiger partial charge in [-0.25, -0.2) is 0 Å². The lowest BCUT2D eigenvalue weighted by molar-refractivity contribution is -0.312. The number of ether oxygens (including phenoxy) is 2. The molecule has 2 aliphatic carbocycles. The van der Waals surface area contributed by atoms with Crippen LogP contribution < -0.4 is 0 Å². The maximum atomic E-state index is 13.2. The first-order valence-electron chi connectivity index (χ1n) is 6.97. The Kier molecular flexibility index (Phi) is 3.25. The van der Waals surface area contributed by atoms with Crippen molar-refractivity contribution in [3.63, 3.8) is 0 Å². The Morgan fingerprint density at radius 1 is 1.39 bits per heavy atom. The molecule has 3 fully saturated rings. The summed E-state index contributed by atoms with van der Waals surface area (Å²) in [5.41, 5.74) is -1.88. The zero-order chi connectivity index (χ0) is 17.4. The van der Waals surface area contributed by atoms with Crippen LogP contribution in [0.25, 0.3) is 0 Å². The van der Waals surface area contributed by atoms with Gasteiger partial charge in [0.2, 0.25) is 0 Å². The van der Waals surface area contributed by atoms with Crippen LogP contribution in [0.2, 0.25) is 0 Å². The van der Waals surface area contributed by atoms with Crippen molar-refractivity contribution in [3.05, 3.63) is 0 Å². The van der Waals surface area contributed by atoms with E-state index in [0.29, 0.717) is 6.92 Å². The van der Waals surface area contributed by atoms with Gasteiger partial charge >= 0.3 is 24.0 Å². The Labute approximate surface area is 126 Å². The molecule has 1 saturated heterocycles. The van der Waals surface area contributed by atoms with Crippen LogP contribution in [0.15, 0.2) is 0 Å². The second-order valence-electron chi connectivity index (χ2n) is 6.31. The third-order valence-electron chi connectivity index (χ3n) is 5.13. The summed E-state index contributed by atoms with van der Waals surface area (Å²) >= 11 is 0. The minimum Gasteiger partial charge on any atom is -0.458 e. The van der Waals surface area contributed by atoms with E-state index in [1.807, 2.05) is 0 Å². The number of hydrogen-bond donors (Lipinski definition) is 1. The molecule has 1 N–H and O–H groups in total. The van der Waals surface area contributed by atoms with Crippen molar-refractivity contribution in [2.45, 2.75) is 50.2 Å². The molecule has 2 saturated carbocycles. The quantitative estimate of drug-likeness (QED) is 0.476. The lowest BCUT2D eigenvalue weighted by Crippen LogP contribution is -2.51. The van der Waals surface area contributed by atoms with Crippen molar-refractivity contribution in [2.24, 2.45) is 17.3 Å². The number of carbonyl (C=O) groups excluding carboxylic acids is 2. The molecule has 23 heavy (non-hydrogen) atoms. The fraction of sp³-hybridized carbons (Fsp3) is 0.846. The molecule has 2 bridgehead atoms. The predicted octanol–water partition coefficient (Wildman–Crippen LogP) is 1.43. The van der Waals surface area contributed by atoms with Gasteiger partial charge in [-0.1, -0.05) is 0 Å². The lowest BCUT2D eigenvalue weighted by Gasteiger charge is -2.31. The molecule has 6 atom stereocenters. The standard InChI is InChI=1S/C13H13F5O5/c1-4(12(14,15)13(16,17)18)22-9(20)11-3-5-2-6(11)8(7(5)19)23-10(11)21/h4-8,19H,2-3H2,1H3. The summed E-state index contributed by atoms with van der Waals surface area (Å²) in [6.45, 7) is 0.419. The first-order valence-corrected chi connectivity index (χ1v) is 6.97. The van der Waals surface area contributed by atoms with E-state index in [9.17, 15) is 36.6 Å². The highest BCUT2D eigenvalue weighted by Crippen LogP contribution is 2.62. The van der Waals surface area contributed by atoms with Crippen LogP contribution in [0.3, 0.4) is 0 Å². The van der Waals surface area contributed by atoms with Crippen LogP contribution in [-0.4, -0.2) is 47.5 Å². The fourth-order valence-corrected chi connectivity index (χ4v) is 3.86. The number of esters is 2. The average Bonchev–Trinajstić information content (AvgIpc) is 3.00. The molecule has 1 heterocycles. The monoisotopic (exact) mass is 344 g/mol. The third kappa shape index (κ3) is 1.93. The van der Waals surface area contributed by atoms with Gasteiger partial charge in [-0.05, 0) is 25.7 Å². The van der Waals surface area contributed by atoms with E-state index >= 15 is 0 Å². The van der Waals surface area contributed by atoms with Gasteiger partial charge in [0.25, 0.3) is 0 Å². The number of halogens is 5. The Morgan fingerprint density at radius 3 is 2.52 bits per heavy atom. The molecular weight excluding hydrogens is 331 g/mol. The van der Waals surface area contributed by atoms with Crippen molar-refractivity contribution in [1.82, 2.24) is 0 Å². The molecule has 0 amide bonds. The van der Waals surface area contributed by atoms with E-state index in [1.54, 1.807) is 0 Å². The minimum absolute atomic E-state index is 0.169. The van der Waals surface area contributed by atoms with E-state index in [0.717, 1.165) is 0 Å². The maximum Gasteiger partial charge on any atom is 0.457 e. The van der Waals surface area contributed by atoms with Crippen LogP contribution >= 0.6 is 0 Å². The van der Waals surface area contributed by atoms with Gasteiger partial charge in [-0.2, -0.15) is 22.0 Å². The van der Waals surface area contributed by atoms with Crippen molar-refractivity contribution >= 4 is 11.9 Å². The maximum absolute atomic E-state index is 13.2. The lowest BCUT2D eigenvalue weighted by atomic mass is 9.73. The number of rotatable bonds is 3. The zero-order valence-electron chi connectivity index (χ0n) is 11.8. The third-order valence-corrected chi connectivity index (χ3v) is 5.13. The van der Waals surface area contributed by atoms with Crippen molar-refractivity contribution in [1.29, 1.82) is 0 Å². The van der Waals surface area contributed by atoms with Crippen molar-refractivity contribution < 1.29 is 46.1 Å². The second kappa shape index (κ2) is 4.55. The number of hydrogen-bond acceptors (Lipinski definition) is 5. The number of fused-ring (bicyclic) bond motifs is 1. The summed E-state index contributed by atoms with van der Waals surface area (Å²) in [6.07, 6.45) is -10.5. The first-order chi connectivity index (χ1) is 10.4. The Hall–Kier alpha value is -1.45. The highest BCUT2D eigenvalue weighted by molar-refractivity contribution is 6.03. The molecule has 3 aliphatic rings. The second-order valence-corrected chi connectivity index (χ2v) is 6.31. The summed E-state index contributed by atoms with van der Waals surface area (Å²) in [4.78, 5) is 24.2. The number of aliphatic hydroxyl groups is 1. The molecule has 1 aliphatic heterocycles. The van der Waals surface area contributed by atoms with E-state index < -0.39 is 59.6 Å².